The number of hydrogen-bond donors (Lipinski definition) is 0. The lowest BCUT2D eigenvalue weighted by Gasteiger charge is -2.49. The molecular weight excluding hydrogens is 834 g/mol. The number of rotatable bonds is 1. The number of aromatic nitrogens is 1. The largest absolute Gasteiger partial charge is 0.311 e. The molecule has 354 valence electrons. The third-order valence-electron chi connectivity index (χ3n) is 18.3. The van der Waals surface area contributed by atoms with Crippen molar-refractivity contribution in [3.05, 3.63) is 129 Å². The van der Waals surface area contributed by atoms with Gasteiger partial charge in [-0.3, -0.25) is 0 Å². The topological polar surface area (TPSA) is 11.4 Å². The standard InChI is InChI=1S/C65H76BN3/c1-37-27-52-56-53(28-37)69-54-32-39(60(5,6)7)30-43-42-29-38(59(2,3)4)19-22-50(42)68(57(43)54)55-33-40(61(8,9)10)31-49(58(55)69)66(56)48-35-46-47(65(17,18)26-25-64(46,15)16)36-51(48)67(52)41-20-21-44-45(34-41)63(13,14)24-23-62(44,11)12/h19-22,27-36H,23-26H2,1-18H3. The summed E-state index contributed by atoms with van der Waals surface area (Å²) in [5.74, 6) is 0. The van der Waals surface area contributed by atoms with Gasteiger partial charge in [-0.15, -0.1) is 0 Å². The highest BCUT2D eigenvalue weighted by Gasteiger charge is 2.49. The summed E-state index contributed by atoms with van der Waals surface area (Å²) in [6.07, 6.45) is 4.75. The van der Waals surface area contributed by atoms with Gasteiger partial charge in [0.15, 0.2) is 0 Å². The summed E-state index contributed by atoms with van der Waals surface area (Å²) in [6.45, 7) is 43.7. The van der Waals surface area contributed by atoms with Gasteiger partial charge in [0.25, 0.3) is 6.71 Å². The van der Waals surface area contributed by atoms with Gasteiger partial charge in [0.2, 0.25) is 0 Å². The second kappa shape index (κ2) is 13.6. The van der Waals surface area contributed by atoms with Gasteiger partial charge in [0.05, 0.1) is 28.1 Å². The third kappa shape index (κ3) is 6.24. The van der Waals surface area contributed by atoms with Crippen LogP contribution in [0.3, 0.4) is 0 Å². The van der Waals surface area contributed by atoms with Crippen LogP contribution in [0.2, 0.25) is 0 Å². The molecule has 0 N–H and O–H groups in total. The van der Waals surface area contributed by atoms with Crippen molar-refractivity contribution in [2.75, 3.05) is 9.80 Å². The minimum absolute atomic E-state index is 0.0221. The summed E-state index contributed by atoms with van der Waals surface area (Å²) in [5, 5.41) is 2.69. The van der Waals surface area contributed by atoms with E-state index in [2.05, 4.69) is 224 Å². The first-order valence-electron chi connectivity index (χ1n) is 26.4. The molecule has 1 aromatic heterocycles. The van der Waals surface area contributed by atoms with Crippen molar-refractivity contribution in [1.29, 1.82) is 0 Å². The molecule has 3 nitrogen and oxygen atoms in total. The van der Waals surface area contributed by atoms with Crippen molar-refractivity contribution >= 4 is 79.0 Å². The van der Waals surface area contributed by atoms with Crippen LogP contribution in [0.25, 0.3) is 27.5 Å². The number of benzene rings is 6. The van der Waals surface area contributed by atoms with E-state index in [4.69, 9.17) is 0 Å². The zero-order valence-electron chi connectivity index (χ0n) is 45.3. The van der Waals surface area contributed by atoms with Gasteiger partial charge < -0.3 is 14.4 Å². The maximum atomic E-state index is 2.74. The van der Waals surface area contributed by atoms with E-state index in [0.717, 1.165) is 0 Å². The molecule has 5 aliphatic rings. The first kappa shape index (κ1) is 45.0. The van der Waals surface area contributed by atoms with E-state index in [1.54, 1.807) is 0 Å². The monoisotopic (exact) mass is 910 g/mol. The molecule has 0 spiro atoms. The summed E-state index contributed by atoms with van der Waals surface area (Å²) < 4.78 is 2.68. The molecule has 0 radical (unpaired) electrons. The van der Waals surface area contributed by atoms with Crippen LogP contribution in [0.15, 0.2) is 84.9 Å². The quantitative estimate of drug-likeness (QED) is 0.152. The molecule has 0 amide bonds. The molecule has 2 aliphatic carbocycles. The molecule has 4 heterocycles. The number of hydrogen-bond acceptors (Lipinski definition) is 2. The van der Waals surface area contributed by atoms with Gasteiger partial charge in [0, 0.05) is 33.5 Å². The lowest BCUT2D eigenvalue weighted by atomic mass is 9.32. The van der Waals surface area contributed by atoms with Gasteiger partial charge >= 0.3 is 0 Å². The van der Waals surface area contributed by atoms with Gasteiger partial charge in [-0.05, 0) is 192 Å². The molecule has 0 atom stereocenters. The Morgan fingerprint density at radius 2 is 0.957 bits per heavy atom. The number of anilines is 6. The summed E-state index contributed by atoms with van der Waals surface area (Å²) in [5.41, 5.74) is 27.8. The van der Waals surface area contributed by atoms with E-state index < -0.39 is 0 Å². The summed E-state index contributed by atoms with van der Waals surface area (Å²) in [6, 6.07) is 35.7. The Morgan fingerprint density at radius 1 is 0.435 bits per heavy atom. The molecule has 0 saturated heterocycles. The maximum absolute atomic E-state index is 2.74. The Bertz CT molecular complexity index is 3420. The SMILES string of the molecule is Cc1cc2c3c(c1)N1c4c(cc(C(C)(C)C)cc4-n4c5ccc(C(C)(C)C)cc5c5cc(C(C)(C)C)cc1c54)B3c1cc3c(cc1N2c1ccc2c(c1)C(C)(C)CCC2(C)C)C(C)(C)CCC3(C)C. The second-order valence-electron chi connectivity index (χ2n) is 28.2. The Morgan fingerprint density at radius 3 is 1.57 bits per heavy atom. The molecular formula is C65H76BN3. The maximum Gasteiger partial charge on any atom is 0.252 e. The van der Waals surface area contributed by atoms with Crippen LogP contribution < -0.4 is 26.2 Å². The molecule has 0 bridgehead atoms. The summed E-state index contributed by atoms with van der Waals surface area (Å²) in [4.78, 5) is 5.47. The Balaban J connectivity index is 1.26. The molecule has 0 saturated carbocycles. The molecule has 4 heteroatoms. The van der Waals surface area contributed by atoms with E-state index in [9.17, 15) is 0 Å². The predicted molar refractivity (Wildman–Crippen MR) is 300 cm³/mol. The number of fused-ring (bicyclic) bond motifs is 11. The second-order valence-corrected chi connectivity index (χ2v) is 28.2. The molecule has 7 aromatic rings. The highest BCUT2D eigenvalue weighted by atomic mass is 15.2. The van der Waals surface area contributed by atoms with Crippen molar-refractivity contribution in [3.8, 4) is 5.69 Å². The van der Waals surface area contributed by atoms with Crippen LogP contribution in [0.4, 0.5) is 34.1 Å². The van der Waals surface area contributed by atoms with Crippen LogP contribution in [-0.2, 0) is 37.9 Å². The lowest BCUT2D eigenvalue weighted by molar-refractivity contribution is 0.332. The van der Waals surface area contributed by atoms with Crippen LogP contribution in [0.5, 0.6) is 0 Å². The normalized spacial score (nSPS) is 19.0. The smallest absolute Gasteiger partial charge is 0.252 e. The molecule has 0 fully saturated rings. The van der Waals surface area contributed by atoms with Crippen molar-refractivity contribution < 1.29 is 0 Å². The Kier molecular flexibility index (Phi) is 8.86. The fraction of sp³-hybridized carbons (Fsp3) is 0.446. The molecule has 69 heavy (non-hydrogen) atoms. The van der Waals surface area contributed by atoms with E-state index >= 15 is 0 Å². The molecule has 6 aromatic carbocycles. The zero-order chi connectivity index (χ0) is 49.2. The molecule has 3 aliphatic heterocycles. The predicted octanol–water partition coefficient (Wildman–Crippen LogP) is 16.1. The third-order valence-corrected chi connectivity index (χ3v) is 18.3. The number of nitrogens with zero attached hydrogens (tertiary/aromatic N) is 3. The molecule has 0 unspecified atom stereocenters. The van der Waals surface area contributed by atoms with Crippen LogP contribution in [0.1, 0.15) is 188 Å². The number of aryl methyl sites for hydroxylation is 1. The van der Waals surface area contributed by atoms with Crippen LogP contribution >= 0.6 is 0 Å². The first-order chi connectivity index (χ1) is 32.0. The van der Waals surface area contributed by atoms with Crippen molar-refractivity contribution in [1.82, 2.24) is 4.57 Å². The minimum Gasteiger partial charge on any atom is -0.311 e. The van der Waals surface area contributed by atoms with Crippen molar-refractivity contribution in [2.45, 2.75) is 188 Å². The fourth-order valence-corrected chi connectivity index (χ4v) is 13.6. The average Bonchev–Trinajstić information content (AvgIpc) is 3.59. The van der Waals surface area contributed by atoms with E-state index in [1.807, 2.05) is 0 Å². The van der Waals surface area contributed by atoms with Crippen LogP contribution in [0, 0.1) is 6.92 Å². The average molecular weight is 910 g/mol. The first-order valence-corrected chi connectivity index (χ1v) is 26.4. The Hall–Kier alpha value is -5.22. The van der Waals surface area contributed by atoms with Gasteiger partial charge in [-0.2, -0.15) is 0 Å². The van der Waals surface area contributed by atoms with E-state index in [1.165, 1.54) is 148 Å². The van der Waals surface area contributed by atoms with E-state index in [-0.39, 0.29) is 44.6 Å². The van der Waals surface area contributed by atoms with Gasteiger partial charge in [0.1, 0.15) is 0 Å². The van der Waals surface area contributed by atoms with Crippen molar-refractivity contribution in [2.24, 2.45) is 0 Å². The molecule has 12 rings (SSSR count). The minimum atomic E-state index is -0.0836. The van der Waals surface area contributed by atoms with Crippen LogP contribution in [-0.4, -0.2) is 11.3 Å². The lowest BCUT2D eigenvalue weighted by Crippen LogP contribution is -2.62. The Labute approximate surface area is 414 Å². The summed E-state index contributed by atoms with van der Waals surface area (Å²) >= 11 is 0. The highest BCUT2D eigenvalue weighted by molar-refractivity contribution is 7.00. The summed E-state index contributed by atoms with van der Waals surface area (Å²) in [7, 11) is 0. The van der Waals surface area contributed by atoms with Gasteiger partial charge in [-0.1, -0.05) is 142 Å². The van der Waals surface area contributed by atoms with Gasteiger partial charge in [-0.25, -0.2) is 0 Å². The highest BCUT2D eigenvalue weighted by Crippen LogP contribution is 2.56. The van der Waals surface area contributed by atoms with Crippen molar-refractivity contribution in [3.63, 3.8) is 0 Å². The zero-order valence-corrected chi connectivity index (χ0v) is 45.3. The fourth-order valence-electron chi connectivity index (χ4n) is 13.6. The van der Waals surface area contributed by atoms with E-state index in [0.29, 0.717) is 0 Å².